The summed E-state index contributed by atoms with van der Waals surface area (Å²) in [5.74, 6) is 0.149. The van der Waals surface area contributed by atoms with E-state index in [0.717, 1.165) is 10.0 Å². The molecule has 0 bridgehead atoms. The van der Waals surface area contributed by atoms with Crippen molar-refractivity contribution < 1.29 is 19.1 Å². The van der Waals surface area contributed by atoms with Crippen LogP contribution in [-0.2, 0) is 9.59 Å². The highest BCUT2D eigenvalue weighted by molar-refractivity contribution is 9.11. The molecule has 0 spiro atoms. The Morgan fingerprint density at radius 1 is 0.960 bits per heavy atom. The molecule has 0 aliphatic heterocycles. The summed E-state index contributed by atoms with van der Waals surface area (Å²) in [6.45, 7) is 1.49. The molecule has 0 saturated heterocycles. The number of hydrazine groups is 1. The van der Waals surface area contributed by atoms with Crippen LogP contribution in [0.2, 0.25) is 0 Å². The van der Waals surface area contributed by atoms with Gasteiger partial charge in [-0.25, -0.2) is 0 Å². The van der Waals surface area contributed by atoms with E-state index in [1.165, 1.54) is 0 Å². The lowest BCUT2D eigenvalue weighted by atomic mass is 10.2. The van der Waals surface area contributed by atoms with E-state index in [1.807, 2.05) is 25.1 Å². The minimum absolute atomic E-state index is 0.206. The summed E-state index contributed by atoms with van der Waals surface area (Å²) in [5, 5.41) is 0. The Morgan fingerprint density at radius 2 is 1.64 bits per heavy atom. The Morgan fingerprint density at radius 3 is 2.28 bits per heavy atom. The lowest BCUT2D eigenvalue weighted by Crippen LogP contribution is -2.45. The lowest BCUT2D eigenvalue weighted by molar-refractivity contribution is -0.131. The minimum atomic E-state index is -0.487. The number of hydrogen-bond acceptors (Lipinski definition) is 4. The molecule has 0 fully saturated rings. The molecule has 2 aromatic carbocycles. The number of halogens is 2. The smallest absolute Gasteiger partial charge is 0.276 e. The van der Waals surface area contributed by atoms with Crippen LogP contribution in [0.25, 0.3) is 0 Å². The lowest BCUT2D eigenvalue weighted by Gasteiger charge is -2.11. The standard InChI is InChI=1S/C17H16Br2N2O4/c1-11-3-2-4-13(7-11)24-9-16(22)20-21-17(23)10-25-15-6-5-12(18)8-14(15)19/h2-8H,9-10H2,1H3,(H,20,22)(H,21,23). The molecule has 0 heterocycles. The van der Waals surface area contributed by atoms with Crippen molar-refractivity contribution in [3.8, 4) is 11.5 Å². The summed E-state index contributed by atoms with van der Waals surface area (Å²) in [7, 11) is 0. The van der Waals surface area contributed by atoms with Gasteiger partial charge < -0.3 is 9.47 Å². The van der Waals surface area contributed by atoms with Crippen LogP contribution in [0.5, 0.6) is 11.5 Å². The average molecular weight is 472 g/mol. The molecule has 0 saturated carbocycles. The number of aryl methyl sites for hydroxylation is 1. The minimum Gasteiger partial charge on any atom is -0.484 e. The Kier molecular flexibility index (Phi) is 7.27. The maximum Gasteiger partial charge on any atom is 0.276 e. The van der Waals surface area contributed by atoms with Gasteiger partial charge in [0.2, 0.25) is 0 Å². The van der Waals surface area contributed by atoms with Gasteiger partial charge in [-0.3, -0.25) is 20.4 Å². The largest absolute Gasteiger partial charge is 0.484 e. The second-order valence-electron chi connectivity index (χ2n) is 5.06. The Hall–Kier alpha value is -2.06. The number of benzene rings is 2. The van der Waals surface area contributed by atoms with Crippen molar-refractivity contribution in [2.75, 3.05) is 13.2 Å². The van der Waals surface area contributed by atoms with Gasteiger partial charge in [0.15, 0.2) is 13.2 Å². The molecule has 0 aliphatic carbocycles. The molecule has 2 aromatic rings. The van der Waals surface area contributed by atoms with Crippen molar-refractivity contribution in [1.29, 1.82) is 0 Å². The van der Waals surface area contributed by atoms with Crippen LogP contribution >= 0.6 is 31.9 Å². The zero-order valence-corrected chi connectivity index (χ0v) is 16.5. The second-order valence-corrected chi connectivity index (χ2v) is 6.83. The van der Waals surface area contributed by atoms with Crippen molar-refractivity contribution in [3.05, 3.63) is 57.0 Å². The van der Waals surface area contributed by atoms with E-state index in [0.29, 0.717) is 16.0 Å². The summed E-state index contributed by atoms with van der Waals surface area (Å²) in [5.41, 5.74) is 5.56. The fourth-order valence-corrected chi connectivity index (χ4v) is 2.96. The van der Waals surface area contributed by atoms with Gasteiger partial charge in [0.05, 0.1) is 4.47 Å². The van der Waals surface area contributed by atoms with Gasteiger partial charge in [0, 0.05) is 4.47 Å². The van der Waals surface area contributed by atoms with Crippen LogP contribution in [0.1, 0.15) is 5.56 Å². The maximum absolute atomic E-state index is 11.7. The van der Waals surface area contributed by atoms with Crippen molar-refractivity contribution in [2.24, 2.45) is 0 Å². The molecule has 2 amide bonds. The quantitative estimate of drug-likeness (QED) is 0.634. The van der Waals surface area contributed by atoms with Gasteiger partial charge in [-0.15, -0.1) is 0 Å². The van der Waals surface area contributed by atoms with Gasteiger partial charge in [0.1, 0.15) is 11.5 Å². The van der Waals surface area contributed by atoms with Gasteiger partial charge in [-0.2, -0.15) is 0 Å². The molecular formula is C17H16Br2N2O4. The first-order chi connectivity index (χ1) is 11.9. The molecule has 2 rings (SSSR count). The normalized spacial score (nSPS) is 10.0. The average Bonchev–Trinajstić information content (AvgIpc) is 2.57. The summed E-state index contributed by atoms with van der Waals surface area (Å²) in [4.78, 5) is 23.4. The maximum atomic E-state index is 11.7. The third kappa shape index (κ3) is 6.75. The van der Waals surface area contributed by atoms with E-state index in [-0.39, 0.29) is 13.2 Å². The van der Waals surface area contributed by atoms with Crippen molar-refractivity contribution in [2.45, 2.75) is 6.92 Å². The van der Waals surface area contributed by atoms with Crippen LogP contribution < -0.4 is 20.3 Å². The fraction of sp³-hybridized carbons (Fsp3) is 0.176. The highest BCUT2D eigenvalue weighted by atomic mass is 79.9. The highest BCUT2D eigenvalue weighted by Crippen LogP contribution is 2.28. The van der Waals surface area contributed by atoms with E-state index >= 15 is 0 Å². The fourth-order valence-electron chi connectivity index (χ4n) is 1.80. The van der Waals surface area contributed by atoms with Crippen LogP contribution in [0.15, 0.2) is 51.4 Å². The first-order valence-corrected chi connectivity index (χ1v) is 8.87. The van der Waals surface area contributed by atoms with Gasteiger partial charge in [0.25, 0.3) is 11.8 Å². The van der Waals surface area contributed by atoms with Crippen LogP contribution in [0, 0.1) is 6.92 Å². The summed E-state index contributed by atoms with van der Waals surface area (Å²) >= 11 is 6.66. The number of nitrogens with one attached hydrogen (secondary N) is 2. The van der Waals surface area contributed by atoms with Crippen molar-refractivity contribution in [3.63, 3.8) is 0 Å². The number of amides is 2. The second kappa shape index (κ2) is 9.43. The molecule has 25 heavy (non-hydrogen) atoms. The van der Waals surface area contributed by atoms with Crippen molar-refractivity contribution >= 4 is 43.7 Å². The third-order valence-electron chi connectivity index (χ3n) is 2.95. The van der Waals surface area contributed by atoms with E-state index in [1.54, 1.807) is 24.3 Å². The van der Waals surface area contributed by atoms with E-state index in [2.05, 4.69) is 42.7 Å². The van der Waals surface area contributed by atoms with E-state index < -0.39 is 11.8 Å². The van der Waals surface area contributed by atoms with Gasteiger partial charge in [-0.1, -0.05) is 28.1 Å². The van der Waals surface area contributed by atoms with Gasteiger partial charge >= 0.3 is 0 Å². The van der Waals surface area contributed by atoms with E-state index in [9.17, 15) is 9.59 Å². The van der Waals surface area contributed by atoms with E-state index in [4.69, 9.17) is 9.47 Å². The van der Waals surface area contributed by atoms with Crippen LogP contribution in [0.4, 0.5) is 0 Å². The molecule has 0 aromatic heterocycles. The molecule has 2 N–H and O–H groups in total. The molecule has 8 heteroatoms. The molecule has 6 nitrogen and oxygen atoms in total. The third-order valence-corrected chi connectivity index (χ3v) is 4.07. The first kappa shape index (κ1) is 19.3. The topological polar surface area (TPSA) is 76.7 Å². The molecule has 0 aliphatic rings. The zero-order valence-electron chi connectivity index (χ0n) is 13.3. The monoisotopic (exact) mass is 470 g/mol. The summed E-state index contributed by atoms with van der Waals surface area (Å²) in [6, 6.07) is 12.6. The van der Waals surface area contributed by atoms with Gasteiger partial charge in [-0.05, 0) is 58.7 Å². The molecule has 0 radical (unpaired) electrons. The summed E-state index contributed by atoms with van der Waals surface area (Å²) < 4.78 is 12.3. The number of carbonyl (C=O) groups is 2. The number of hydrogen-bond donors (Lipinski definition) is 2. The number of rotatable bonds is 6. The van der Waals surface area contributed by atoms with Crippen LogP contribution in [-0.4, -0.2) is 25.0 Å². The number of carbonyl (C=O) groups excluding carboxylic acids is 2. The predicted octanol–water partition coefficient (Wildman–Crippen LogP) is 3.13. The molecule has 132 valence electrons. The SMILES string of the molecule is Cc1cccc(OCC(=O)NNC(=O)COc2ccc(Br)cc2Br)c1. The summed E-state index contributed by atoms with van der Waals surface area (Å²) in [6.07, 6.45) is 0. The van der Waals surface area contributed by atoms with Crippen molar-refractivity contribution in [1.82, 2.24) is 10.9 Å². The highest BCUT2D eigenvalue weighted by Gasteiger charge is 2.08. The zero-order chi connectivity index (χ0) is 18.2. The Labute approximate surface area is 162 Å². The van der Waals surface area contributed by atoms with Crippen LogP contribution in [0.3, 0.4) is 0 Å². The molecular weight excluding hydrogens is 456 g/mol. The predicted molar refractivity (Wildman–Crippen MR) is 100 cm³/mol. The number of ether oxygens (including phenoxy) is 2. The molecule has 0 atom stereocenters. The first-order valence-electron chi connectivity index (χ1n) is 7.29. The Bertz CT molecular complexity index is 768. The Balaban J connectivity index is 1.69. The molecule has 0 unspecified atom stereocenters.